The summed E-state index contributed by atoms with van der Waals surface area (Å²) in [6.45, 7) is 7.58. The van der Waals surface area contributed by atoms with Gasteiger partial charge in [0.2, 0.25) is 0 Å². The van der Waals surface area contributed by atoms with E-state index in [1.807, 2.05) is 6.92 Å². The zero-order valence-electron chi connectivity index (χ0n) is 10.9. The molecule has 0 saturated heterocycles. The Labute approximate surface area is 112 Å². The number of esters is 2. The lowest BCUT2D eigenvalue weighted by molar-refractivity contribution is -0.149. The van der Waals surface area contributed by atoms with Crippen LogP contribution in [-0.2, 0) is 23.8 Å². The molecule has 6 heteroatoms. The Hall–Kier alpha value is -1.01. The van der Waals surface area contributed by atoms with Crippen molar-refractivity contribution in [2.24, 2.45) is 0 Å². The van der Waals surface area contributed by atoms with Crippen molar-refractivity contribution >= 4 is 23.7 Å². The second-order valence-electron chi connectivity index (χ2n) is 3.39. The minimum Gasteiger partial charge on any atom is -0.463 e. The highest BCUT2D eigenvalue weighted by molar-refractivity contribution is 7.99. The summed E-state index contributed by atoms with van der Waals surface area (Å²) in [5.74, 6) is 0.927. The third kappa shape index (κ3) is 10.2. The van der Waals surface area contributed by atoms with E-state index in [2.05, 4.69) is 6.58 Å². The summed E-state index contributed by atoms with van der Waals surface area (Å²) in [5, 5.41) is 0. The van der Waals surface area contributed by atoms with Crippen LogP contribution < -0.4 is 0 Å². The van der Waals surface area contributed by atoms with Gasteiger partial charge >= 0.3 is 11.9 Å². The van der Waals surface area contributed by atoms with Crippen molar-refractivity contribution in [3.63, 3.8) is 0 Å². The van der Waals surface area contributed by atoms with E-state index in [0.717, 1.165) is 11.5 Å². The van der Waals surface area contributed by atoms with Crippen LogP contribution in [0.5, 0.6) is 0 Å². The molecule has 0 unspecified atom stereocenters. The first-order valence-corrected chi connectivity index (χ1v) is 6.87. The van der Waals surface area contributed by atoms with E-state index in [9.17, 15) is 9.59 Å². The highest BCUT2D eigenvalue weighted by atomic mass is 32.2. The van der Waals surface area contributed by atoms with Crippen LogP contribution in [0.2, 0.25) is 0 Å². The summed E-state index contributed by atoms with van der Waals surface area (Å²) in [4.78, 5) is 22.1. The van der Waals surface area contributed by atoms with Crippen LogP contribution in [0.25, 0.3) is 0 Å². The van der Waals surface area contributed by atoms with E-state index >= 15 is 0 Å². The standard InChI is InChI=1S/C12H20O5S/c1-4-18-8-7-16-11(13)9-15-5-6-17-12(14)10(2)3/h2,4-9H2,1,3H3. The molecule has 0 heterocycles. The molecular formula is C12H20O5S. The third-order valence-corrected chi connectivity index (χ3v) is 2.59. The van der Waals surface area contributed by atoms with E-state index in [1.54, 1.807) is 18.7 Å². The SMILES string of the molecule is C=C(C)C(=O)OCCOCC(=O)OCCSCC. The van der Waals surface area contributed by atoms with Crippen molar-refractivity contribution in [1.29, 1.82) is 0 Å². The molecule has 0 radical (unpaired) electrons. The molecule has 0 atom stereocenters. The lowest BCUT2D eigenvalue weighted by Crippen LogP contribution is -2.17. The highest BCUT2D eigenvalue weighted by Gasteiger charge is 2.04. The average Bonchev–Trinajstić information content (AvgIpc) is 2.33. The second-order valence-corrected chi connectivity index (χ2v) is 4.78. The van der Waals surface area contributed by atoms with Gasteiger partial charge in [0.05, 0.1) is 6.61 Å². The molecule has 0 saturated carbocycles. The molecule has 0 amide bonds. The Morgan fingerprint density at radius 1 is 1.17 bits per heavy atom. The highest BCUT2D eigenvalue weighted by Crippen LogP contribution is 1.97. The molecule has 0 aromatic rings. The van der Waals surface area contributed by atoms with Crippen LogP contribution in [-0.4, -0.2) is 49.9 Å². The van der Waals surface area contributed by atoms with E-state index in [1.165, 1.54) is 0 Å². The lowest BCUT2D eigenvalue weighted by Gasteiger charge is -2.06. The van der Waals surface area contributed by atoms with Gasteiger partial charge in [0.25, 0.3) is 0 Å². The minimum absolute atomic E-state index is 0.102. The Kier molecular flexibility index (Phi) is 10.5. The number of ether oxygens (including phenoxy) is 3. The van der Waals surface area contributed by atoms with E-state index in [0.29, 0.717) is 12.2 Å². The summed E-state index contributed by atoms with van der Waals surface area (Å²) >= 11 is 1.70. The first-order valence-electron chi connectivity index (χ1n) is 5.71. The Morgan fingerprint density at radius 2 is 1.89 bits per heavy atom. The zero-order valence-corrected chi connectivity index (χ0v) is 11.7. The number of hydrogen-bond acceptors (Lipinski definition) is 6. The second kappa shape index (κ2) is 11.1. The smallest absolute Gasteiger partial charge is 0.333 e. The fourth-order valence-electron chi connectivity index (χ4n) is 0.872. The predicted octanol–water partition coefficient (Wildman–Crippen LogP) is 1.42. The van der Waals surface area contributed by atoms with Gasteiger partial charge in [-0.2, -0.15) is 11.8 Å². The molecule has 0 aliphatic rings. The molecule has 0 fully saturated rings. The largest absolute Gasteiger partial charge is 0.463 e. The number of rotatable bonds is 10. The third-order valence-electron chi connectivity index (χ3n) is 1.72. The summed E-state index contributed by atoms with van der Waals surface area (Å²) in [6, 6.07) is 0. The van der Waals surface area contributed by atoms with Crippen LogP contribution in [0, 0.1) is 0 Å². The fourth-order valence-corrected chi connectivity index (χ4v) is 1.36. The number of hydrogen-bond donors (Lipinski definition) is 0. The number of carbonyl (C=O) groups is 2. The first-order chi connectivity index (χ1) is 8.57. The van der Waals surface area contributed by atoms with Gasteiger partial charge in [0.1, 0.15) is 19.8 Å². The molecule has 0 aliphatic carbocycles. The molecular weight excluding hydrogens is 256 g/mol. The lowest BCUT2D eigenvalue weighted by atomic mass is 10.4. The summed E-state index contributed by atoms with van der Waals surface area (Å²) < 4.78 is 14.7. The van der Waals surface area contributed by atoms with Gasteiger partial charge in [0.15, 0.2) is 0 Å². The first kappa shape index (κ1) is 17.0. The van der Waals surface area contributed by atoms with Gasteiger partial charge in [-0.3, -0.25) is 0 Å². The monoisotopic (exact) mass is 276 g/mol. The molecule has 0 bridgehead atoms. The maximum absolute atomic E-state index is 11.1. The Balaban J connectivity index is 3.35. The van der Waals surface area contributed by atoms with Crippen LogP contribution in [0.1, 0.15) is 13.8 Å². The fraction of sp³-hybridized carbons (Fsp3) is 0.667. The Morgan fingerprint density at radius 3 is 2.50 bits per heavy atom. The maximum atomic E-state index is 11.1. The summed E-state index contributed by atoms with van der Waals surface area (Å²) in [7, 11) is 0. The Bertz CT molecular complexity index is 278. The van der Waals surface area contributed by atoms with Crippen molar-refractivity contribution in [3.05, 3.63) is 12.2 Å². The predicted molar refractivity (Wildman–Crippen MR) is 70.6 cm³/mol. The molecule has 5 nitrogen and oxygen atoms in total. The van der Waals surface area contributed by atoms with E-state index in [-0.39, 0.29) is 19.8 Å². The number of thioether (sulfide) groups is 1. The van der Waals surface area contributed by atoms with Crippen molar-refractivity contribution in [3.8, 4) is 0 Å². The van der Waals surface area contributed by atoms with Crippen molar-refractivity contribution in [2.75, 3.05) is 37.9 Å². The molecule has 0 N–H and O–H groups in total. The van der Waals surface area contributed by atoms with Gasteiger partial charge in [-0.1, -0.05) is 13.5 Å². The molecule has 0 aromatic heterocycles. The van der Waals surface area contributed by atoms with Gasteiger partial charge in [0, 0.05) is 11.3 Å². The summed E-state index contributed by atoms with van der Waals surface area (Å²) in [6.07, 6.45) is 0. The molecule has 0 aromatic carbocycles. The van der Waals surface area contributed by atoms with Crippen LogP contribution >= 0.6 is 11.8 Å². The van der Waals surface area contributed by atoms with E-state index < -0.39 is 11.9 Å². The molecule has 0 spiro atoms. The minimum atomic E-state index is -0.460. The van der Waals surface area contributed by atoms with Crippen LogP contribution in [0.15, 0.2) is 12.2 Å². The van der Waals surface area contributed by atoms with Crippen molar-refractivity contribution in [1.82, 2.24) is 0 Å². The quantitative estimate of drug-likeness (QED) is 0.341. The van der Waals surface area contributed by atoms with E-state index in [4.69, 9.17) is 14.2 Å². The maximum Gasteiger partial charge on any atom is 0.333 e. The average molecular weight is 276 g/mol. The van der Waals surface area contributed by atoms with Crippen molar-refractivity contribution in [2.45, 2.75) is 13.8 Å². The van der Waals surface area contributed by atoms with Gasteiger partial charge in [-0.25, -0.2) is 9.59 Å². The molecule has 0 rings (SSSR count). The van der Waals surface area contributed by atoms with Crippen LogP contribution in [0.4, 0.5) is 0 Å². The van der Waals surface area contributed by atoms with Gasteiger partial charge in [-0.05, 0) is 12.7 Å². The molecule has 104 valence electrons. The zero-order chi connectivity index (χ0) is 13.8. The normalized spacial score (nSPS) is 9.89. The number of carbonyl (C=O) groups excluding carboxylic acids is 2. The van der Waals surface area contributed by atoms with Gasteiger partial charge < -0.3 is 14.2 Å². The van der Waals surface area contributed by atoms with Crippen molar-refractivity contribution < 1.29 is 23.8 Å². The molecule has 18 heavy (non-hydrogen) atoms. The molecule has 0 aliphatic heterocycles. The van der Waals surface area contributed by atoms with Gasteiger partial charge in [-0.15, -0.1) is 0 Å². The van der Waals surface area contributed by atoms with Crippen LogP contribution in [0.3, 0.4) is 0 Å². The summed E-state index contributed by atoms with van der Waals surface area (Å²) in [5.41, 5.74) is 0.336. The topological polar surface area (TPSA) is 61.8 Å².